The second kappa shape index (κ2) is 7.69. The van der Waals surface area contributed by atoms with E-state index >= 15 is 0 Å². The summed E-state index contributed by atoms with van der Waals surface area (Å²) in [6, 6.07) is 0. The quantitative estimate of drug-likeness (QED) is 0.745. The Morgan fingerprint density at radius 3 is 2.21 bits per heavy atom. The predicted molar refractivity (Wildman–Crippen MR) is 66.6 cm³/mol. The van der Waals surface area contributed by atoms with Gasteiger partial charge >= 0.3 is 6.18 Å². The number of hydrogen-bond donors (Lipinski definition) is 1. The first-order chi connectivity index (χ1) is 8.92. The first kappa shape index (κ1) is 16.2. The molecule has 4 nitrogen and oxygen atoms in total. The Morgan fingerprint density at radius 1 is 1.05 bits per heavy atom. The van der Waals surface area contributed by atoms with Gasteiger partial charge in [-0.3, -0.25) is 9.69 Å². The van der Waals surface area contributed by atoms with Crippen molar-refractivity contribution in [3.8, 4) is 0 Å². The number of rotatable bonds is 6. The van der Waals surface area contributed by atoms with Crippen molar-refractivity contribution < 1.29 is 18.0 Å². The highest BCUT2D eigenvalue weighted by Gasteiger charge is 2.32. The van der Waals surface area contributed by atoms with E-state index in [0.717, 1.165) is 19.3 Å². The van der Waals surface area contributed by atoms with Gasteiger partial charge in [0.2, 0.25) is 5.91 Å². The number of hydrogen-bond acceptors (Lipinski definition) is 3. The van der Waals surface area contributed by atoms with E-state index in [1.54, 1.807) is 4.90 Å². The molecule has 1 aliphatic heterocycles. The van der Waals surface area contributed by atoms with Crippen molar-refractivity contribution >= 4 is 5.91 Å². The zero-order chi connectivity index (χ0) is 14.3. The molecule has 1 saturated heterocycles. The molecule has 112 valence electrons. The molecule has 1 amide bonds. The minimum absolute atomic E-state index is 0.0451. The number of carbonyl (C=O) groups is 1. The van der Waals surface area contributed by atoms with Crippen molar-refractivity contribution in [3.05, 3.63) is 0 Å². The normalized spacial score (nSPS) is 17.8. The molecule has 1 rings (SSSR count). The maximum absolute atomic E-state index is 12.2. The van der Waals surface area contributed by atoms with E-state index in [1.165, 1.54) is 4.90 Å². The van der Waals surface area contributed by atoms with Crippen LogP contribution in [0.15, 0.2) is 0 Å². The van der Waals surface area contributed by atoms with Gasteiger partial charge in [0.25, 0.3) is 0 Å². The van der Waals surface area contributed by atoms with Crippen LogP contribution in [-0.2, 0) is 4.79 Å². The van der Waals surface area contributed by atoms with Gasteiger partial charge in [-0.1, -0.05) is 6.42 Å². The second-order valence-electron chi connectivity index (χ2n) is 4.87. The molecule has 1 fully saturated rings. The lowest BCUT2D eigenvalue weighted by Crippen LogP contribution is -2.50. The number of nitrogens with zero attached hydrogens (tertiary/aromatic N) is 2. The van der Waals surface area contributed by atoms with Gasteiger partial charge in [0.05, 0.1) is 6.54 Å². The van der Waals surface area contributed by atoms with Crippen LogP contribution in [0.1, 0.15) is 25.7 Å². The molecule has 2 N–H and O–H groups in total. The van der Waals surface area contributed by atoms with E-state index in [4.69, 9.17) is 5.73 Å². The zero-order valence-electron chi connectivity index (χ0n) is 11.1. The molecule has 1 aliphatic rings. The summed E-state index contributed by atoms with van der Waals surface area (Å²) < 4.78 is 36.6. The van der Waals surface area contributed by atoms with Crippen LogP contribution in [0.25, 0.3) is 0 Å². The third-order valence-electron chi connectivity index (χ3n) is 3.22. The monoisotopic (exact) mass is 281 g/mol. The molecule has 0 atom stereocenters. The first-order valence-electron chi connectivity index (χ1n) is 6.69. The summed E-state index contributed by atoms with van der Waals surface area (Å²) in [6.45, 7) is 1.13. The van der Waals surface area contributed by atoms with E-state index in [-0.39, 0.29) is 5.91 Å². The van der Waals surface area contributed by atoms with Crippen molar-refractivity contribution in [2.75, 3.05) is 39.3 Å². The Bertz CT molecular complexity index is 276. The molecular weight excluding hydrogens is 259 g/mol. The molecule has 0 bridgehead atoms. The highest BCUT2D eigenvalue weighted by molar-refractivity contribution is 5.76. The fourth-order valence-corrected chi connectivity index (χ4v) is 2.16. The number of amides is 1. The Labute approximate surface area is 111 Å². The SMILES string of the molecule is NCCCCCC(=O)N1CCN(CC(F)(F)F)CC1. The zero-order valence-corrected chi connectivity index (χ0v) is 11.1. The summed E-state index contributed by atoms with van der Waals surface area (Å²) in [5, 5.41) is 0. The number of nitrogens with two attached hydrogens (primary N) is 1. The molecule has 7 heteroatoms. The van der Waals surface area contributed by atoms with Crippen molar-refractivity contribution in [1.29, 1.82) is 0 Å². The number of halogens is 3. The van der Waals surface area contributed by atoms with Gasteiger partial charge in [-0.2, -0.15) is 13.2 Å². The fourth-order valence-electron chi connectivity index (χ4n) is 2.16. The third kappa shape index (κ3) is 6.77. The molecule has 0 saturated carbocycles. The Morgan fingerprint density at radius 2 is 1.68 bits per heavy atom. The summed E-state index contributed by atoms with van der Waals surface area (Å²) >= 11 is 0. The number of unbranched alkanes of at least 4 members (excludes halogenated alkanes) is 2. The van der Waals surface area contributed by atoms with Gasteiger partial charge in [0.15, 0.2) is 0 Å². The van der Waals surface area contributed by atoms with Crippen molar-refractivity contribution in [2.24, 2.45) is 5.73 Å². The van der Waals surface area contributed by atoms with Gasteiger partial charge < -0.3 is 10.6 Å². The maximum Gasteiger partial charge on any atom is 0.401 e. The summed E-state index contributed by atoms with van der Waals surface area (Å²) in [7, 11) is 0. The molecule has 0 radical (unpaired) electrons. The average Bonchev–Trinajstić information content (AvgIpc) is 2.33. The summed E-state index contributed by atoms with van der Waals surface area (Å²) in [5.41, 5.74) is 5.36. The molecule has 0 aromatic carbocycles. The maximum atomic E-state index is 12.2. The second-order valence-corrected chi connectivity index (χ2v) is 4.87. The van der Waals surface area contributed by atoms with Gasteiger partial charge in [0.1, 0.15) is 0 Å². The van der Waals surface area contributed by atoms with Crippen LogP contribution >= 0.6 is 0 Å². The van der Waals surface area contributed by atoms with E-state index in [0.29, 0.717) is 39.1 Å². The molecule has 0 aromatic heterocycles. The van der Waals surface area contributed by atoms with Gasteiger partial charge in [-0.25, -0.2) is 0 Å². The lowest BCUT2D eigenvalue weighted by Gasteiger charge is -2.35. The summed E-state index contributed by atoms with van der Waals surface area (Å²) in [5.74, 6) is 0.0451. The van der Waals surface area contributed by atoms with Crippen LogP contribution in [0, 0.1) is 0 Å². The fraction of sp³-hybridized carbons (Fsp3) is 0.917. The van der Waals surface area contributed by atoms with Crippen molar-refractivity contribution in [3.63, 3.8) is 0 Å². The van der Waals surface area contributed by atoms with Crippen LogP contribution < -0.4 is 5.73 Å². The molecule has 1 heterocycles. The standard InChI is InChI=1S/C12H22F3N3O/c13-12(14,15)10-17-6-8-18(9-7-17)11(19)4-2-1-3-5-16/h1-10,16H2. The Balaban J connectivity index is 2.20. The predicted octanol–water partition coefficient (Wildman–Crippen LogP) is 1.21. The largest absolute Gasteiger partial charge is 0.401 e. The highest BCUT2D eigenvalue weighted by Crippen LogP contribution is 2.17. The van der Waals surface area contributed by atoms with E-state index in [9.17, 15) is 18.0 Å². The lowest BCUT2D eigenvalue weighted by atomic mass is 10.1. The summed E-state index contributed by atoms with van der Waals surface area (Å²) in [6.07, 6.45) is -1.05. The molecule has 0 spiro atoms. The summed E-state index contributed by atoms with van der Waals surface area (Å²) in [4.78, 5) is 14.8. The van der Waals surface area contributed by atoms with Crippen LogP contribution in [0.5, 0.6) is 0 Å². The molecule has 0 unspecified atom stereocenters. The molecule has 0 aliphatic carbocycles. The van der Waals surface area contributed by atoms with Crippen LogP contribution in [0.2, 0.25) is 0 Å². The van der Waals surface area contributed by atoms with Crippen molar-refractivity contribution in [1.82, 2.24) is 9.80 Å². The highest BCUT2D eigenvalue weighted by atomic mass is 19.4. The van der Waals surface area contributed by atoms with Crippen molar-refractivity contribution in [2.45, 2.75) is 31.9 Å². The molecule has 0 aromatic rings. The van der Waals surface area contributed by atoms with Crippen LogP contribution in [-0.4, -0.2) is 61.2 Å². The topological polar surface area (TPSA) is 49.6 Å². The van der Waals surface area contributed by atoms with Gasteiger partial charge in [-0.15, -0.1) is 0 Å². The van der Waals surface area contributed by atoms with Gasteiger partial charge in [-0.05, 0) is 19.4 Å². The first-order valence-corrected chi connectivity index (χ1v) is 6.69. The Kier molecular flexibility index (Phi) is 6.57. The molecule has 19 heavy (non-hydrogen) atoms. The van der Waals surface area contributed by atoms with Gasteiger partial charge in [0, 0.05) is 32.6 Å². The van der Waals surface area contributed by atoms with E-state index in [1.807, 2.05) is 0 Å². The number of carbonyl (C=O) groups excluding carboxylic acids is 1. The average molecular weight is 281 g/mol. The van der Waals surface area contributed by atoms with Crippen LogP contribution in [0.3, 0.4) is 0 Å². The van der Waals surface area contributed by atoms with E-state index in [2.05, 4.69) is 0 Å². The smallest absolute Gasteiger partial charge is 0.340 e. The Hall–Kier alpha value is -0.820. The number of piperazine rings is 1. The number of alkyl halides is 3. The third-order valence-corrected chi connectivity index (χ3v) is 3.22. The van der Waals surface area contributed by atoms with Crippen LogP contribution in [0.4, 0.5) is 13.2 Å². The minimum atomic E-state index is -4.16. The van der Waals surface area contributed by atoms with E-state index < -0.39 is 12.7 Å². The molecular formula is C12H22F3N3O. The lowest BCUT2D eigenvalue weighted by molar-refractivity contribution is -0.151. The minimum Gasteiger partial charge on any atom is -0.340 e.